The fourth-order valence-corrected chi connectivity index (χ4v) is 4.13. The molecule has 140 valence electrons. The number of hydrogen-bond acceptors (Lipinski definition) is 5. The van der Waals surface area contributed by atoms with Crippen LogP contribution in [0.4, 0.5) is 13.2 Å². The molecule has 0 amide bonds. The van der Waals surface area contributed by atoms with Crippen molar-refractivity contribution in [3.63, 3.8) is 0 Å². The third-order valence-corrected chi connectivity index (χ3v) is 5.75. The fraction of sp³-hybridized carbons (Fsp3) is 0.625. The van der Waals surface area contributed by atoms with Crippen molar-refractivity contribution in [1.29, 1.82) is 0 Å². The van der Waals surface area contributed by atoms with Gasteiger partial charge >= 0.3 is 15.6 Å². The summed E-state index contributed by atoms with van der Waals surface area (Å²) < 4.78 is 70.8. The summed E-state index contributed by atoms with van der Waals surface area (Å²) in [4.78, 5) is 0. The van der Waals surface area contributed by atoms with Crippen molar-refractivity contribution in [2.75, 3.05) is 13.2 Å². The van der Waals surface area contributed by atoms with Gasteiger partial charge in [-0.2, -0.15) is 21.6 Å². The van der Waals surface area contributed by atoms with Crippen LogP contribution >= 0.6 is 0 Å². The van der Waals surface area contributed by atoms with Gasteiger partial charge in [0.15, 0.2) is 0 Å². The lowest BCUT2D eigenvalue weighted by Gasteiger charge is -2.44. The van der Waals surface area contributed by atoms with Crippen LogP contribution in [-0.2, 0) is 26.9 Å². The highest BCUT2D eigenvalue weighted by Crippen LogP contribution is 2.43. The highest BCUT2D eigenvalue weighted by molar-refractivity contribution is 7.88. The third kappa shape index (κ3) is 3.37. The summed E-state index contributed by atoms with van der Waals surface area (Å²) in [5.74, 6) is -0.282. The second kappa shape index (κ2) is 6.14. The molecule has 1 aromatic carbocycles. The first-order chi connectivity index (χ1) is 11.5. The average Bonchev–Trinajstić information content (AvgIpc) is 2.48. The Morgan fingerprint density at radius 1 is 1.36 bits per heavy atom. The zero-order valence-electron chi connectivity index (χ0n) is 13.9. The van der Waals surface area contributed by atoms with E-state index in [0.717, 1.165) is 30.5 Å². The maximum atomic E-state index is 12.6. The standard InChI is InChI=1S/C16H20F3NO4S/c1-10-7-13-12(8-14(10)24-25(21,22)16(17,18)19)3-6-23-15(13)4-5-20-11(2)9-15/h7-8,11,20H,3-6,9H2,1-2H3. The van der Waals surface area contributed by atoms with Gasteiger partial charge in [0.25, 0.3) is 0 Å². The summed E-state index contributed by atoms with van der Waals surface area (Å²) in [6.45, 7) is 4.81. The molecule has 0 radical (unpaired) electrons. The lowest BCUT2D eigenvalue weighted by Crippen LogP contribution is -2.48. The summed E-state index contributed by atoms with van der Waals surface area (Å²) in [7, 11) is -5.68. The van der Waals surface area contributed by atoms with Gasteiger partial charge in [-0.05, 0) is 68.5 Å². The molecule has 2 unspecified atom stereocenters. The SMILES string of the molecule is Cc1cc2c(cc1OS(=O)(=O)C(F)(F)F)CCOC21CCNC(C)C1. The van der Waals surface area contributed by atoms with Crippen LogP contribution in [0.25, 0.3) is 0 Å². The van der Waals surface area contributed by atoms with Crippen LogP contribution in [0, 0.1) is 6.92 Å². The van der Waals surface area contributed by atoms with E-state index in [2.05, 4.69) is 16.4 Å². The lowest BCUT2D eigenvalue weighted by molar-refractivity contribution is -0.0880. The van der Waals surface area contributed by atoms with E-state index < -0.39 is 21.2 Å². The minimum Gasteiger partial charge on any atom is -0.376 e. The second-order valence-corrected chi connectivity index (χ2v) is 8.20. The molecular formula is C16H20F3NO4S. The number of hydrogen-bond donors (Lipinski definition) is 1. The Bertz CT molecular complexity index is 778. The van der Waals surface area contributed by atoms with Crippen LogP contribution < -0.4 is 9.50 Å². The van der Waals surface area contributed by atoms with Gasteiger partial charge in [0.1, 0.15) is 5.75 Å². The summed E-state index contributed by atoms with van der Waals surface area (Å²) in [5, 5.41) is 3.35. The Kier molecular flexibility index (Phi) is 4.53. The monoisotopic (exact) mass is 379 g/mol. The number of aryl methyl sites for hydroxylation is 1. The molecule has 1 aromatic rings. The Hall–Kier alpha value is -1.32. The summed E-state index contributed by atoms with van der Waals surface area (Å²) >= 11 is 0. The highest BCUT2D eigenvalue weighted by atomic mass is 32.2. The van der Waals surface area contributed by atoms with E-state index in [0.29, 0.717) is 18.6 Å². The van der Waals surface area contributed by atoms with E-state index in [1.807, 2.05) is 0 Å². The predicted molar refractivity (Wildman–Crippen MR) is 84.8 cm³/mol. The van der Waals surface area contributed by atoms with E-state index in [4.69, 9.17) is 4.74 Å². The minimum absolute atomic E-state index is 0.251. The predicted octanol–water partition coefficient (Wildman–Crippen LogP) is 2.76. The number of ether oxygens (including phenoxy) is 1. The molecular weight excluding hydrogens is 359 g/mol. The van der Waals surface area contributed by atoms with Crippen molar-refractivity contribution >= 4 is 10.1 Å². The largest absolute Gasteiger partial charge is 0.534 e. The number of fused-ring (bicyclic) bond motifs is 2. The summed E-state index contributed by atoms with van der Waals surface area (Å²) in [5.41, 5.74) is -3.91. The molecule has 9 heteroatoms. The third-order valence-electron chi connectivity index (χ3n) is 4.78. The van der Waals surface area contributed by atoms with Crippen molar-refractivity contribution in [2.45, 2.75) is 50.3 Å². The molecule has 0 bridgehead atoms. The van der Waals surface area contributed by atoms with E-state index in [9.17, 15) is 21.6 Å². The number of piperidine rings is 1. The first-order valence-electron chi connectivity index (χ1n) is 8.06. The highest BCUT2D eigenvalue weighted by Gasteiger charge is 2.49. The lowest BCUT2D eigenvalue weighted by atomic mass is 9.77. The molecule has 25 heavy (non-hydrogen) atoms. The Morgan fingerprint density at radius 2 is 2.08 bits per heavy atom. The number of halogens is 3. The van der Waals surface area contributed by atoms with Crippen molar-refractivity contribution in [3.8, 4) is 5.75 Å². The molecule has 2 heterocycles. The van der Waals surface area contributed by atoms with Gasteiger partial charge in [-0.1, -0.05) is 0 Å². The zero-order valence-corrected chi connectivity index (χ0v) is 14.8. The summed E-state index contributed by atoms with van der Waals surface area (Å²) in [6.07, 6.45) is 2.01. The molecule has 3 rings (SSSR count). The Labute approximate surface area is 144 Å². The van der Waals surface area contributed by atoms with Gasteiger partial charge in [-0.15, -0.1) is 0 Å². The molecule has 5 nitrogen and oxygen atoms in total. The molecule has 0 aromatic heterocycles. The molecule has 2 atom stereocenters. The van der Waals surface area contributed by atoms with Crippen molar-refractivity contribution < 1.29 is 30.5 Å². The van der Waals surface area contributed by atoms with Crippen molar-refractivity contribution in [1.82, 2.24) is 5.32 Å². The van der Waals surface area contributed by atoms with Gasteiger partial charge in [0.05, 0.1) is 12.2 Å². The van der Waals surface area contributed by atoms with Crippen LogP contribution in [0.15, 0.2) is 12.1 Å². The van der Waals surface area contributed by atoms with Crippen LogP contribution in [0.2, 0.25) is 0 Å². The van der Waals surface area contributed by atoms with Gasteiger partial charge < -0.3 is 14.2 Å². The molecule has 0 aliphatic carbocycles. The number of nitrogens with one attached hydrogen (secondary N) is 1. The molecule has 1 spiro atoms. The van der Waals surface area contributed by atoms with E-state index in [1.165, 1.54) is 13.0 Å². The number of alkyl halides is 3. The number of benzene rings is 1. The molecule has 1 fully saturated rings. The van der Waals surface area contributed by atoms with Crippen LogP contribution in [-0.4, -0.2) is 33.1 Å². The quantitative estimate of drug-likeness (QED) is 0.632. The average molecular weight is 379 g/mol. The normalized spacial score (nSPS) is 27.2. The smallest absolute Gasteiger partial charge is 0.376 e. The van der Waals surface area contributed by atoms with E-state index >= 15 is 0 Å². The maximum Gasteiger partial charge on any atom is 0.534 e. The molecule has 2 aliphatic rings. The topological polar surface area (TPSA) is 64.6 Å². The summed E-state index contributed by atoms with van der Waals surface area (Å²) in [6, 6.07) is 3.36. The minimum atomic E-state index is -5.68. The van der Waals surface area contributed by atoms with Crippen LogP contribution in [0.1, 0.15) is 36.5 Å². The molecule has 2 aliphatic heterocycles. The zero-order chi connectivity index (χ0) is 18.5. The van der Waals surface area contributed by atoms with Gasteiger partial charge in [-0.3, -0.25) is 0 Å². The van der Waals surface area contributed by atoms with Gasteiger partial charge in [-0.25, -0.2) is 0 Å². The fourth-order valence-electron chi connectivity index (χ4n) is 3.62. The second-order valence-electron chi connectivity index (χ2n) is 6.66. The first kappa shape index (κ1) is 18.5. The Morgan fingerprint density at radius 3 is 2.72 bits per heavy atom. The van der Waals surface area contributed by atoms with Crippen LogP contribution in [0.3, 0.4) is 0 Å². The van der Waals surface area contributed by atoms with E-state index in [1.54, 1.807) is 6.07 Å². The molecule has 1 N–H and O–H groups in total. The molecule has 0 saturated carbocycles. The van der Waals surface area contributed by atoms with Gasteiger partial charge in [0.2, 0.25) is 0 Å². The molecule has 1 saturated heterocycles. The van der Waals surface area contributed by atoms with E-state index in [-0.39, 0.29) is 11.8 Å². The van der Waals surface area contributed by atoms with Crippen LogP contribution in [0.5, 0.6) is 5.75 Å². The van der Waals surface area contributed by atoms with Crippen molar-refractivity contribution in [3.05, 3.63) is 28.8 Å². The Balaban J connectivity index is 2.00. The number of rotatable bonds is 2. The first-order valence-corrected chi connectivity index (χ1v) is 9.47. The van der Waals surface area contributed by atoms with Gasteiger partial charge in [0, 0.05) is 6.04 Å². The maximum absolute atomic E-state index is 12.6. The van der Waals surface area contributed by atoms with Crippen molar-refractivity contribution in [2.24, 2.45) is 0 Å².